The minimum Gasteiger partial charge on any atom is -0.236 e. The summed E-state index contributed by atoms with van der Waals surface area (Å²) >= 11 is 3.51. The lowest BCUT2D eigenvalue weighted by Crippen LogP contribution is -1.93. The third-order valence-corrected chi connectivity index (χ3v) is 14.4. The highest BCUT2D eigenvalue weighted by Gasteiger charge is 2.20. The van der Waals surface area contributed by atoms with E-state index in [4.69, 9.17) is 9.97 Å². The van der Waals surface area contributed by atoms with Gasteiger partial charge in [-0.3, -0.25) is 0 Å². The van der Waals surface area contributed by atoms with Crippen LogP contribution < -0.4 is 0 Å². The van der Waals surface area contributed by atoms with Crippen molar-refractivity contribution in [3.05, 3.63) is 205 Å². The molecule has 0 saturated heterocycles. The second-order valence-corrected chi connectivity index (χ2v) is 18.3. The monoisotopic (exact) mass is 826 g/mol. The minimum absolute atomic E-state index is 1.04. The van der Waals surface area contributed by atoms with Crippen LogP contribution in [0.3, 0.4) is 0 Å². The molecule has 0 aliphatic carbocycles. The smallest absolute Gasteiger partial charge is 0.124 e. The molecule has 0 aliphatic heterocycles. The van der Waals surface area contributed by atoms with Crippen LogP contribution in [0.25, 0.3) is 118 Å². The highest BCUT2D eigenvalue weighted by molar-refractivity contribution is 7.22. The number of hydrogen-bond acceptors (Lipinski definition) is 4. The van der Waals surface area contributed by atoms with Crippen molar-refractivity contribution < 1.29 is 0 Å². The summed E-state index contributed by atoms with van der Waals surface area (Å²) in [5, 5.41) is 9.49. The van der Waals surface area contributed by atoms with Crippen molar-refractivity contribution in [3.63, 3.8) is 0 Å². The first-order chi connectivity index (χ1) is 30.5. The first-order valence-corrected chi connectivity index (χ1v) is 22.7. The summed E-state index contributed by atoms with van der Waals surface area (Å²) < 4.78 is 2.44. The number of hydrogen-bond donors (Lipinski definition) is 0. The Balaban J connectivity index is 1.10. The van der Waals surface area contributed by atoms with Gasteiger partial charge in [0.25, 0.3) is 0 Å². The molecule has 62 heavy (non-hydrogen) atoms. The Bertz CT molecular complexity index is 3430. The van der Waals surface area contributed by atoms with Gasteiger partial charge < -0.3 is 0 Å². The molecule has 0 saturated carbocycles. The summed E-state index contributed by atoms with van der Waals surface area (Å²) in [6.07, 6.45) is 0. The summed E-state index contributed by atoms with van der Waals surface area (Å²) in [7, 11) is 0. The lowest BCUT2D eigenvalue weighted by Gasteiger charge is -2.20. The molecular formula is C58H38N2S2. The molecule has 2 aromatic heterocycles. The van der Waals surface area contributed by atoms with Crippen LogP contribution in [0.4, 0.5) is 0 Å². The van der Waals surface area contributed by atoms with Crippen LogP contribution in [-0.4, -0.2) is 9.97 Å². The summed E-state index contributed by atoms with van der Waals surface area (Å²) in [4.78, 5) is 10.0. The predicted molar refractivity (Wildman–Crippen MR) is 267 cm³/mol. The molecule has 0 aliphatic rings. The molecule has 12 rings (SSSR count). The third kappa shape index (κ3) is 6.22. The van der Waals surface area contributed by atoms with Crippen LogP contribution in [0, 0.1) is 13.8 Å². The highest BCUT2D eigenvalue weighted by Crippen LogP contribution is 2.48. The number of nitrogens with zero attached hydrogens (tertiary/aromatic N) is 2. The topological polar surface area (TPSA) is 25.8 Å². The summed E-state index contributed by atoms with van der Waals surface area (Å²) in [6.45, 7) is 4.28. The molecule has 10 aromatic carbocycles. The molecule has 0 fully saturated rings. The van der Waals surface area contributed by atoms with Crippen LogP contribution in [0.5, 0.6) is 0 Å². The summed E-state index contributed by atoms with van der Waals surface area (Å²) in [5.74, 6) is 0. The first kappa shape index (κ1) is 36.6. The average molecular weight is 827 g/mol. The number of aryl methyl sites for hydroxylation is 2. The summed E-state index contributed by atoms with van der Waals surface area (Å²) in [6, 6.07) is 71.4. The Hall–Kier alpha value is -7.24. The van der Waals surface area contributed by atoms with Crippen molar-refractivity contribution >= 4 is 75.4 Å². The van der Waals surface area contributed by atoms with Gasteiger partial charge in [-0.25, -0.2) is 9.97 Å². The van der Waals surface area contributed by atoms with Crippen LogP contribution in [0.2, 0.25) is 0 Å². The van der Waals surface area contributed by atoms with E-state index in [1.165, 1.54) is 97.4 Å². The zero-order valence-corrected chi connectivity index (χ0v) is 35.8. The third-order valence-electron chi connectivity index (χ3n) is 12.3. The van der Waals surface area contributed by atoms with Gasteiger partial charge in [0.15, 0.2) is 0 Å². The maximum absolute atomic E-state index is 5.01. The first-order valence-electron chi connectivity index (χ1n) is 21.0. The minimum atomic E-state index is 1.04. The van der Waals surface area contributed by atoms with Gasteiger partial charge in [0.1, 0.15) is 10.0 Å². The summed E-state index contributed by atoms with van der Waals surface area (Å²) in [5.41, 5.74) is 16.6. The lowest BCUT2D eigenvalue weighted by atomic mass is 9.83. The van der Waals surface area contributed by atoms with E-state index in [-0.39, 0.29) is 0 Å². The SMILES string of the molecule is Cc1ccc2nc(-c3ccc(-c4ccc(-c5ccc(-c6nc7ccc(C)cc7s6)cc5)c5cc6c(-c7ccccc7)c7ccccc7c(-c7ccccc7)c6cc45)cc3)sc2c1. The quantitative estimate of drug-likeness (QED) is 0.156. The number of aromatic nitrogens is 2. The second kappa shape index (κ2) is 14.7. The molecular weight excluding hydrogens is 789 g/mol. The number of benzene rings is 10. The Morgan fingerprint density at radius 1 is 0.306 bits per heavy atom. The van der Waals surface area contributed by atoms with E-state index in [0.29, 0.717) is 0 Å². The van der Waals surface area contributed by atoms with E-state index >= 15 is 0 Å². The van der Waals surface area contributed by atoms with E-state index in [1.54, 1.807) is 22.7 Å². The van der Waals surface area contributed by atoms with Crippen LogP contribution >= 0.6 is 22.7 Å². The highest BCUT2D eigenvalue weighted by atomic mass is 32.1. The van der Waals surface area contributed by atoms with E-state index in [9.17, 15) is 0 Å². The largest absolute Gasteiger partial charge is 0.236 e. The van der Waals surface area contributed by atoms with E-state index < -0.39 is 0 Å². The van der Waals surface area contributed by atoms with Crippen molar-refractivity contribution in [1.82, 2.24) is 9.97 Å². The normalized spacial score (nSPS) is 11.7. The van der Waals surface area contributed by atoms with E-state index in [1.807, 2.05) is 0 Å². The van der Waals surface area contributed by atoms with Gasteiger partial charge in [0.2, 0.25) is 0 Å². The molecule has 0 amide bonds. The van der Waals surface area contributed by atoms with Crippen molar-refractivity contribution in [2.45, 2.75) is 13.8 Å². The standard InChI is InChI=1S/C58H38N2S2/c1-35-17-29-51-53(31-35)61-57(59-51)41-23-19-37(20-24-41)43-27-28-44(38-21-25-42(26-22-38)58-60-52-30-18-36(2)32-54(52)62-58)48-34-50-49(33-47(43)48)55(39-11-5-3-6-12-39)45-15-9-10-16-46(45)56(50)40-13-7-4-8-14-40/h3-34H,1-2H3. The molecule has 2 nitrogen and oxygen atoms in total. The number of fused-ring (bicyclic) bond motifs is 5. The molecule has 292 valence electrons. The zero-order chi connectivity index (χ0) is 41.3. The van der Waals surface area contributed by atoms with Gasteiger partial charge in [-0.05, 0) is 138 Å². The molecule has 0 spiro atoms. The van der Waals surface area contributed by atoms with Crippen LogP contribution in [0.1, 0.15) is 11.1 Å². The number of rotatable bonds is 6. The van der Waals surface area contributed by atoms with Crippen molar-refractivity contribution in [3.8, 4) is 65.6 Å². The Morgan fingerprint density at radius 3 is 1.11 bits per heavy atom. The van der Waals surface area contributed by atoms with Gasteiger partial charge >= 0.3 is 0 Å². The van der Waals surface area contributed by atoms with Gasteiger partial charge in [0.05, 0.1) is 20.4 Å². The Morgan fingerprint density at radius 2 is 0.694 bits per heavy atom. The molecule has 12 aromatic rings. The van der Waals surface area contributed by atoms with E-state index in [2.05, 4.69) is 208 Å². The van der Waals surface area contributed by atoms with Crippen LogP contribution in [0.15, 0.2) is 194 Å². The van der Waals surface area contributed by atoms with Gasteiger partial charge in [-0.1, -0.05) is 158 Å². The fourth-order valence-corrected chi connectivity index (χ4v) is 11.4. The molecule has 0 N–H and O–H groups in total. The fraction of sp³-hybridized carbons (Fsp3) is 0.0345. The maximum Gasteiger partial charge on any atom is 0.124 e. The molecule has 0 unspecified atom stereocenters. The van der Waals surface area contributed by atoms with Crippen molar-refractivity contribution in [2.24, 2.45) is 0 Å². The average Bonchev–Trinajstić information content (AvgIpc) is 3.95. The van der Waals surface area contributed by atoms with Crippen molar-refractivity contribution in [2.75, 3.05) is 0 Å². The fourth-order valence-electron chi connectivity index (χ4n) is 9.24. The molecule has 0 bridgehead atoms. The van der Waals surface area contributed by atoms with Crippen LogP contribution in [-0.2, 0) is 0 Å². The van der Waals surface area contributed by atoms with Gasteiger partial charge in [0, 0.05) is 11.1 Å². The Kier molecular flexibility index (Phi) is 8.70. The van der Waals surface area contributed by atoms with E-state index in [0.717, 1.165) is 32.2 Å². The molecule has 2 heterocycles. The predicted octanol–water partition coefficient (Wildman–Crippen LogP) is 17.0. The van der Waals surface area contributed by atoms with Gasteiger partial charge in [-0.15, -0.1) is 22.7 Å². The molecule has 0 atom stereocenters. The van der Waals surface area contributed by atoms with Crippen molar-refractivity contribution in [1.29, 1.82) is 0 Å². The zero-order valence-electron chi connectivity index (χ0n) is 34.2. The maximum atomic E-state index is 5.01. The van der Waals surface area contributed by atoms with Gasteiger partial charge in [-0.2, -0.15) is 0 Å². The molecule has 0 radical (unpaired) electrons. The number of thiazole rings is 2. The Labute approximate surface area is 368 Å². The second-order valence-electron chi connectivity index (χ2n) is 16.3. The molecule has 4 heteroatoms. The lowest BCUT2D eigenvalue weighted by molar-refractivity contribution is 1.45.